The number of carbonyl (C=O) groups is 1. The fraction of sp³-hybridized carbons (Fsp3) is 0.429. The normalized spacial score (nSPS) is 21.6. The van der Waals surface area contributed by atoms with Crippen molar-refractivity contribution in [3.05, 3.63) is 29.6 Å². The van der Waals surface area contributed by atoms with Gasteiger partial charge in [-0.2, -0.15) is 0 Å². The second kappa shape index (κ2) is 6.32. The summed E-state index contributed by atoms with van der Waals surface area (Å²) < 4.78 is 5.39. The number of rotatable bonds is 2. The molecule has 1 amide bonds. The highest BCUT2D eigenvalue weighted by atomic mass is 16.5. The topological polar surface area (TPSA) is 71.5 Å². The maximum atomic E-state index is 12.0. The van der Waals surface area contributed by atoms with Crippen molar-refractivity contribution in [1.29, 1.82) is 0 Å². The number of hydrogen-bond donors (Lipinski definition) is 2. The minimum Gasteiger partial charge on any atom is -0.384 e. The summed E-state index contributed by atoms with van der Waals surface area (Å²) >= 11 is 0. The molecule has 0 aliphatic carbocycles. The predicted molar refractivity (Wildman–Crippen MR) is 69.5 cm³/mol. The zero-order valence-electron chi connectivity index (χ0n) is 10.7. The average molecular weight is 260 g/mol. The number of nitrogens with one attached hydrogen (secondary N) is 1. The number of aromatic nitrogens is 1. The van der Waals surface area contributed by atoms with Gasteiger partial charge in [0.1, 0.15) is 12.3 Å². The molecular weight excluding hydrogens is 244 g/mol. The van der Waals surface area contributed by atoms with Crippen molar-refractivity contribution in [3.8, 4) is 11.8 Å². The molecule has 0 bridgehead atoms. The average Bonchev–Trinajstić information content (AvgIpc) is 2.82. The van der Waals surface area contributed by atoms with E-state index in [1.807, 2.05) is 6.92 Å². The summed E-state index contributed by atoms with van der Waals surface area (Å²) in [5.41, 5.74) is 1.02. The molecule has 2 atom stereocenters. The molecule has 2 N–H and O–H groups in total. The maximum absolute atomic E-state index is 12.0. The first-order chi connectivity index (χ1) is 9.20. The van der Waals surface area contributed by atoms with Crippen LogP contribution >= 0.6 is 0 Å². The van der Waals surface area contributed by atoms with E-state index in [1.165, 1.54) is 6.20 Å². The lowest BCUT2D eigenvalue weighted by Gasteiger charge is -2.15. The standard InChI is InChI=1S/C14H16N2O3/c1-10-12(6-8-19-10)16-14(18)13-5-4-11(9-15-13)3-2-7-17/h4-5,9-10,12,17H,6-8H2,1H3,(H,16,18). The van der Waals surface area contributed by atoms with Gasteiger partial charge in [-0.25, -0.2) is 4.98 Å². The van der Waals surface area contributed by atoms with Crippen LogP contribution < -0.4 is 5.32 Å². The Balaban J connectivity index is 1.99. The molecule has 1 fully saturated rings. The molecule has 5 heteroatoms. The summed E-state index contributed by atoms with van der Waals surface area (Å²) in [6, 6.07) is 3.37. The van der Waals surface area contributed by atoms with Gasteiger partial charge in [0.15, 0.2) is 0 Å². The van der Waals surface area contributed by atoms with E-state index in [1.54, 1.807) is 12.1 Å². The Labute approximate surface area is 112 Å². The molecule has 1 aliphatic rings. The van der Waals surface area contributed by atoms with Gasteiger partial charge in [0.25, 0.3) is 5.91 Å². The van der Waals surface area contributed by atoms with Gasteiger partial charge in [-0.05, 0) is 25.5 Å². The summed E-state index contributed by atoms with van der Waals surface area (Å²) in [6.45, 7) is 2.43. The van der Waals surface area contributed by atoms with Crippen molar-refractivity contribution in [2.45, 2.75) is 25.5 Å². The van der Waals surface area contributed by atoms with Crippen molar-refractivity contribution < 1.29 is 14.6 Å². The lowest BCUT2D eigenvalue weighted by atomic mass is 10.1. The summed E-state index contributed by atoms with van der Waals surface area (Å²) in [5, 5.41) is 11.5. The summed E-state index contributed by atoms with van der Waals surface area (Å²) in [7, 11) is 0. The molecule has 1 aromatic rings. The van der Waals surface area contributed by atoms with Gasteiger partial charge >= 0.3 is 0 Å². The minimum absolute atomic E-state index is 0.0404. The summed E-state index contributed by atoms with van der Waals surface area (Å²) in [5.74, 6) is 5.05. The van der Waals surface area contributed by atoms with Crippen LogP contribution in [-0.4, -0.2) is 41.4 Å². The first-order valence-corrected chi connectivity index (χ1v) is 6.19. The van der Waals surface area contributed by atoms with E-state index in [0.717, 1.165) is 6.42 Å². The molecular formula is C14H16N2O3. The second-order valence-electron chi connectivity index (χ2n) is 4.34. The number of amides is 1. The van der Waals surface area contributed by atoms with Gasteiger partial charge in [0.2, 0.25) is 0 Å². The second-order valence-corrected chi connectivity index (χ2v) is 4.34. The number of nitrogens with zero attached hydrogens (tertiary/aromatic N) is 1. The van der Waals surface area contributed by atoms with Gasteiger partial charge in [0, 0.05) is 18.4 Å². The van der Waals surface area contributed by atoms with Gasteiger partial charge in [-0.1, -0.05) is 11.8 Å². The zero-order valence-corrected chi connectivity index (χ0v) is 10.7. The van der Waals surface area contributed by atoms with Crippen LogP contribution in [0.3, 0.4) is 0 Å². The van der Waals surface area contributed by atoms with Crippen LogP contribution in [0.1, 0.15) is 29.4 Å². The van der Waals surface area contributed by atoms with E-state index in [9.17, 15) is 4.79 Å². The fourth-order valence-corrected chi connectivity index (χ4v) is 1.91. The predicted octanol–water partition coefficient (Wildman–Crippen LogP) is 0.333. The van der Waals surface area contributed by atoms with Crippen molar-refractivity contribution in [3.63, 3.8) is 0 Å². The molecule has 1 saturated heterocycles. The van der Waals surface area contributed by atoms with Crippen molar-refractivity contribution in [2.75, 3.05) is 13.2 Å². The Hall–Kier alpha value is -1.90. The van der Waals surface area contributed by atoms with Crippen LogP contribution in [0, 0.1) is 11.8 Å². The Kier molecular flexibility index (Phi) is 4.50. The summed E-state index contributed by atoms with van der Waals surface area (Å²) in [6.07, 6.45) is 2.39. The Morgan fingerprint density at radius 2 is 2.47 bits per heavy atom. The zero-order chi connectivity index (χ0) is 13.7. The van der Waals surface area contributed by atoms with E-state index < -0.39 is 0 Å². The van der Waals surface area contributed by atoms with Crippen LogP contribution in [0.5, 0.6) is 0 Å². The highest BCUT2D eigenvalue weighted by Gasteiger charge is 2.26. The molecule has 19 heavy (non-hydrogen) atoms. The number of carbonyl (C=O) groups excluding carboxylic acids is 1. The third-order valence-electron chi connectivity index (χ3n) is 3.00. The van der Waals surface area contributed by atoms with E-state index in [0.29, 0.717) is 17.9 Å². The van der Waals surface area contributed by atoms with Crippen LogP contribution in [0.15, 0.2) is 18.3 Å². The Bertz CT molecular complexity index is 502. The number of hydrogen-bond acceptors (Lipinski definition) is 4. The number of pyridine rings is 1. The molecule has 1 aliphatic heterocycles. The third kappa shape index (κ3) is 3.53. The molecule has 0 saturated carbocycles. The monoisotopic (exact) mass is 260 g/mol. The summed E-state index contributed by atoms with van der Waals surface area (Å²) in [4.78, 5) is 16.0. The van der Waals surface area contributed by atoms with Crippen LogP contribution in [-0.2, 0) is 4.74 Å². The van der Waals surface area contributed by atoms with E-state index in [-0.39, 0.29) is 24.7 Å². The molecule has 2 rings (SSSR count). The van der Waals surface area contributed by atoms with Crippen molar-refractivity contribution in [2.24, 2.45) is 0 Å². The number of aliphatic hydroxyl groups excluding tert-OH is 1. The Morgan fingerprint density at radius 3 is 3.05 bits per heavy atom. The molecule has 2 heterocycles. The van der Waals surface area contributed by atoms with E-state index in [4.69, 9.17) is 9.84 Å². The third-order valence-corrected chi connectivity index (χ3v) is 3.00. The van der Waals surface area contributed by atoms with Crippen LogP contribution in [0.4, 0.5) is 0 Å². The number of aliphatic hydroxyl groups is 1. The highest BCUT2D eigenvalue weighted by Crippen LogP contribution is 2.13. The lowest BCUT2D eigenvalue weighted by Crippen LogP contribution is -2.39. The van der Waals surface area contributed by atoms with Gasteiger partial charge in [-0.3, -0.25) is 4.79 Å². The molecule has 1 aromatic heterocycles. The van der Waals surface area contributed by atoms with E-state index in [2.05, 4.69) is 22.1 Å². The molecule has 100 valence electrons. The van der Waals surface area contributed by atoms with Crippen molar-refractivity contribution in [1.82, 2.24) is 10.3 Å². The van der Waals surface area contributed by atoms with Gasteiger partial charge in [-0.15, -0.1) is 0 Å². The molecule has 2 unspecified atom stereocenters. The SMILES string of the molecule is CC1OCCC1NC(=O)c1ccc(C#CCO)cn1. The molecule has 0 spiro atoms. The smallest absolute Gasteiger partial charge is 0.270 e. The quantitative estimate of drug-likeness (QED) is 0.752. The molecule has 0 aromatic carbocycles. The molecule has 5 nitrogen and oxygen atoms in total. The van der Waals surface area contributed by atoms with Crippen molar-refractivity contribution >= 4 is 5.91 Å². The first kappa shape index (κ1) is 13.5. The maximum Gasteiger partial charge on any atom is 0.270 e. The number of ether oxygens (including phenoxy) is 1. The van der Waals surface area contributed by atoms with E-state index >= 15 is 0 Å². The van der Waals surface area contributed by atoms with Gasteiger partial charge < -0.3 is 15.2 Å². The molecule has 0 radical (unpaired) electrons. The largest absolute Gasteiger partial charge is 0.384 e. The Morgan fingerprint density at radius 1 is 1.63 bits per heavy atom. The lowest BCUT2D eigenvalue weighted by molar-refractivity contribution is 0.0862. The minimum atomic E-state index is -0.205. The first-order valence-electron chi connectivity index (χ1n) is 6.19. The van der Waals surface area contributed by atoms with Crippen LogP contribution in [0.25, 0.3) is 0 Å². The fourth-order valence-electron chi connectivity index (χ4n) is 1.91. The highest BCUT2D eigenvalue weighted by molar-refractivity contribution is 5.92. The van der Waals surface area contributed by atoms with Crippen LogP contribution in [0.2, 0.25) is 0 Å². The van der Waals surface area contributed by atoms with Gasteiger partial charge in [0.05, 0.1) is 12.1 Å².